The topological polar surface area (TPSA) is 85.4 Å². The lowest BCUT2D eigenvalue weighted by atomic mass is 10.1. The molecular formula is C25H37Cl2N5O4. The number of hydrogen-bond acceptors (Lipinski definition) is 5. The first-order valence-electron chi connectivity index (χ1n) is 12.4. The van der Waals surface area contributed by atoms with Crippen molar-refractivity contribution in [2.45, 2.75) is 58.7 Å². The van der Waals surface area contributed by atoms with Crippen LogP contribution in [0.5, 0.6) is 0 Å². The Morgan fingerprint density at radius 2 is 1.67 bits per heavy atom. The summed E-state index contributed by atoms with van der Waals surface area (Å²) in [5.41, 5.74) is -0.0977. The second kappa shape index (κ2) is 11.9. The number of urea groups is 1. The molecule has 11 heteroatoms. The van der Waals surface area contributed by atoms with Crippen molar-refractivity contribution in [3.63, 3.8) is 0 Å². The first-order chi connectivity index (χ1) is 16.9. The van der Waals surface area contributed by atoms with Crippen molar-refractivity contribution in [3.8, 4) is 0 Å². The summed E-state index contributed by atoms with van der Waals surface area (Å²) < 4.78 is 5.61. The van der Waals surface area contributed by atoms with Crippen LogP contribution in [0.1, 0.15) is 41.0 Å². The minimum atomic E-state index is -0.647. The lowest BCUT2D eigenvalue weighted by molar-refractivity contribution is -0.141. The Labute approximate surface area is 223 Å². The van der Waals surface area contributed by atoms with Gasteiger partial charge >= 0.3 is 12.1 Å². The number of benzene rings is 1. The number of carbonyl (C=O) groups is 3. The largest absolute Gasteiger partial charge is 0.444 e. The Balaban J connectivity index is 1.64. The van der Waals surface area contributed by atoms with Gasteiger partial charge in [-0.15, -0.1) is 0 Å². The maximum atomic E-state index is 13.6. The van der Waals surface area contributed by atoms with E-state index in [1.54, 1.807) is 32.9 Å². The fourth-order valence-electron chi connectivity index (χ4n) is 4.33. The second-order valence-electron chi connectivity index (χ2n) is 10.3. The summed E-state index contributed by atoms with van der Waals surface area (Å²) in [6, 6.07) is 4.32. The van der Waals surface area contributed by atoms with Gasteiger partial charge in [-0.3, -0.25) is 14.6 Å². The quantitative estimate of drug-likeness (QED) is 0.610. The standard InChI is InChI=1S/C25H37Cl2N5O4/c1-6-17(2)31-13-14-32(24(35)36-25(3,4)5)21(16-31)22(33)29-9-11-30(12-10-29)23(34)28-18-7-8-19(26)20(27)15-18/h7-8,15,17,21H,6,9-14,16H2,1-5H3,(H,28,34)/t17?,21-/m1/s1. The third kappa shape index (κ3) is 7.17. The van der Waals surface area contributed by atoms with E-state index >= 15 is 0 Å². The molecule has 2 atom stereocenters. The fraction of sp³-hybridized carbons (Fsp3) is 0.640. The maximum absolute atomic E-state index is 13.6. The molecule has 0 saturated carbocycles. The zero-order chi connectivity index (χ0) is 26.6. The number of ether oxygens (including phenoxy) is 1. The van der Waals surface area contributed by atoms with E-state index < -0.39 is 17.7 Å². The van der Waals surface area contributed by atoms with Gasteiger partial charge in [0.15, 0.2) is 0 Å². The molecule has 0 spiro atoms. The Morgan fingerprint density at radius 1 is 1.03 bits per heavy atom. The second-order valence-corrected chi connectivity index (χ2v) is 11.1. The molecule has 1 aromatic carbocycles. The molecule has 1 aromatic rings. The summed E-state index contributed by atoms with van der Waals surface area (Å²) in [6.45, 7) is 12.8. The lowest BCUT2D eigenvalue weighted by Gasteiger charge is -2.45. The van der Waals surface area contributed by atoms with E-state index in [2.05, 4.69) is 24.1 Å². The third-order valence-corrected chi connectivity index (χ3v) is 7.33. The predicted molar refractivity (Wildman–Crippen MR) is 142 cm³/mol. The van der Waals surface area contributed by atoms with Crippen LogP contribution in [0, 0.1) is 0 Å². The monoisotopic (exact) mass is 541 g/mol. The number of carbonyl (C=O) groups excluding carboxylic acids is 3. The highest BCUT2D eigenvalue weighted by molar-refractivity contribution is 6.42. The lowest BCUT2D eigenvalue weighted by Crippen LogP contribution is -2.64. The molecule has 9 nitrogen and oxygen atoms in total. The summed E-state index contributed by atoms with van der Waals surface area (Å²) in [7, 11) is 0. The van der Waals surface area contributed by atoms with E-state index in [9.17, 15) is 14.4 Å². The van der Waals surface area contributed by atoms with E-state index in [1.807, 2.05) is 20.8 Å². The number of amides is 4. The number of halogens is 2. The fourth-order valence-corrected chi connectivity index (χ4v) is 4.63. The normalized spacial score (nSPS) is 20.2. The molecule has 0 radical (unpaired) electrons. The average molecular weight is 543 g/mol. The average Bonchev–Trinajstić information content (AvgIpc) is 2.84. The van der Waals surface area contributed by atoms with Crippen molar-refractivity contribution in [2.75, 3.05) is 51.1 Å². The van der Waals surface area contributed by atoms with Gasteiger partial charge in [0.05, 0.1) is 10.0 Å². The number of nitrogens with one attached hydrogen (secondary N) is 1. The Kier molecular flexibility index (Phi) is 9.35. The molecule has 2 aliphatic rings. The number of rotatable bonds is 4. The predicted octanol–water partition coefficient (Wildman–Crippen LogP) is 4.39. The molecule has 4 amide bonds. The highest BCUT2D eigenvalue weighted by atomic mass is 35.5. The van der Waals surface area contributed by atoms with Crippen molar-refractivity contribution in [3.05, 3.63) is 28.2 Å². The van der Waals surface area contributed by atoms with Crippen LogP contribution >= 0.6 is 23.2 Å². The number of piperazine rings is 2. The number of anilines is 1. The molecule has 3 rings (SSSR count). The first-order valence-corrected chi connectivity index (χ1v) is 13.2. The van der Waals surface area contributed by atoms with Crippen molar-refractivity contribution in [2.24, 2.45) is 0 Å². The van der Waals surface area contributed by atoms with Gasteiger partial charge in [-0.1, -0.05) is 30.1 Å². The van der Waals surface area contributed by atoms with Gasteiger partial charge < -0.3 is 19.9 Å². The SMILES string of the molecule is CCC(C)N1CCN(C(=O)OC(C)(C)C)[C@@H](C(=O)N2CCN(C(=O)Nc3ccc(Cl)c(Cl)c3)CC2)C1. The van der Waals surface area contributed by atoms with Gasteiger partial charge in [0.2, 0.25) is 5.91 Å². The van der Waals surface area contributed by atoms with Crippen LogP contribution < -0.4 is 5.32 Å². The Bertz CT molecular complexity index is 962. The molecule has 2 fully saturated rings. The van der Waals surface area contributed by atoms with Crippen molar-refractivity contribution >= 4 is 46.9 Å². The van der Waals surface area contributed by atoms with E-state index in [0.717, 1.165) is 6.42 Å². The van der Waals surface area contributed by atoms with Gasteiger partial charge in [0.1, 0.15) is 11.6 Å². The summed E-state index contributed by atoms with van der Waals surface area (Å²) in [5, 5.41) is 3.59. The molecule has 0 bridgehead atoms. The van der Waals surface area contributed by atoms with Gasteiger partial charge in [-0.2, -0.15) is 0 Å². The Morgan fingerprint density at radius 3 is 2.25 bits per heavy atom. The molecule has 0 aliphatic carbocycles. The minimum absolute atomic E-state index is 0.113. The van der Waals surface area contributed by atoms with E-state index in [1.165, 1.54) is 0 Å². The van der Waals surface area contributed by atoms with E-state index in [4.69, 9.17) is 27.9 Å². The molecule has 200 valence electrons. The highest BCUT2D eigenvalue weighted by Crippen LogP contribution is 2.25. The van der Waals surface area contributed by atoms with Gasteiger partial charge in [0.25, 0.3) is 0 Å². The summed E-state index contributed by atoms with van der Waals surface area (Å²) in [4.78, 5) is 46.5. The van der Waals surface area contributed by atoms with Gasteiger partial charge in [-0.05, 0) is 52.3 Å². The van der Waals surface area contributed by atoms with Gasteiger partial charge in [0, 0.05) is 57.5 Å². The van der Waals surface area contributed by atoms with Crippen LogP contribution in [-0.4, -0.2) is 101 Å². The third-order valence-electron chi connectivity index (χ3n) is 6.59. The molecule has 36 heavy (non-hydrogen) atoms. The molecule has 1 unspecified atom stereocenters. The van der Waals surface area contributed by atoms with Crippen LogP contribution in [-0.2, 0) is 9.53 Å². The Hall–Kier alpha value is -2.23. The molecule has 2 heterocycles. The molecular weight excluding hydrogens is 505 g/mol. The van der Waals surface area contributed by atoms with Crippen molar-refractivity contribution < 1.29 is 19.1 Å². The number of hydrogen-bond donors (Lipinski definition) is 1. The zero-order valence-corrected chi connectivity index (χ0v) is 23.2. The van der Waals surface area contributed by atoms with Crippen LogP contribution in [0.25, 0.3) is 0 Å². The van der Waals surface area contributed by atoms with Crippen LogP contribution in [0.15, 0.2) is 18.2 Å². The van der Waals surface area contributed by atoms with Crippen molar-refractivity contribution in [1.82, 2.24) is 19.6 Å². The van der Waals surface area contributed by atoms with Crippen LogP contribution in [0.3, 0.4) is 0 Å². The summed E-state index contributed by atoms with van der Waals surface area (Å²) >= 11 is 12.0. The molecule has 1 N–H and O–H groups in total. The van der Waals surface area contributed by atoms with E-state index in [0.29, 0.717) is 67.6 Å². The highest BCUT2D eigenvalue weighted by Gasteiger charge is 2.41. The molecule has 2 saturated heterocycles. The summed E-state index contributed by atoms with van der Waals surface area (Å²) in [5.74, 6) is -0.113. The molecule has 0 aromatic heterocycles. The van der Waals surface area contributed by atoms with Crippen molar-refractivity contribution in [1.29, 1.82) is 0 Å². The summed E-state index contributed by atoms with van der Waals surface area (Å²) in [6.07, 6.45) is 0.490. The minimum Gasteiger partial charge on any atom is -0.444 e. The van der Waals surface area contributed by atoms with Crippen LogP contribution in [0.4, 0.5) is 15.3 Å². The molecule has 2 aliphatic heterocycles. The first kappa shape index (κ1) is 28.3. The zero-order valence-electron chi connectivity index (χ0n) is 21.7. The van der Waals surface area contributed by atoms with Crippen LogP contribution in [0.2, 0.25) is 10.0 Å². The van der Waals surface area contributed by atoms with E-state index in [-0.39, 0.29) is 11.9 Å². The van der Waals surface area contributed by atoms with Gasteiger partial charge in [-0.25, -0.2) is 9.59 Å². The number of nitrogens with zero attached hydrogens (tertiary/aromatic N) is 4. The smallest absolute Gasteiger partial charge is 0.411 e. The maximum Gasteiger partial charge on any atom is 0.411 e.